The molecule has 0 radical (unpaired) electrons. The Kier molecular flexibility index (Phi) is 4.59. The smallest absolute Gasteiger partial charge is 0.134 e. The molecule has 26 heavy (non-hydrogen) atoms. The topological polar surface area (TPSA) is 17.8 Å². The summed E-state index contributed by atoms with van der Waals surface area (Å²) in [4.78, 5) is 4.81. The van der Waals surface area contributed by atoms with Crippen molar-refractivity contribution in [1.82, 2.24) is 9.55 Å². The Morgan fingerprint density at radius 3 is 2.54 bits per heavy atom. The molecule has 0 aliphatic rings. The van der Waals surface area contributed by atoms with Crippen LogP contribution in [-0.4, -0.2) is 9.55 Å². The summed E-state index contributed by atoms with van der Waals surface area (Å²) in [6.07, 6.45) is 4.14. The summed E-state index contributed by atoms with van der Waals surface area (Å²) < 4.78 is 2.26. The van der Waals surface area contributed by atoms with Crippen molar-refractivity contribution in [3.05, 3.63) is 100 Å². The maximum absolute atomic E-state index is 5.97. The van der Waals surface area contributed by atoms with Crippen molar-refractivity contribution in [3.8, 4) is 0 Å². The van der Waals surface area contributed by atoms with Crippen molar-refractivity contribution in [3.63, 3.8) is 0 Å². The zero-order chi connectivity index (χ0) is 17.9. The molecule has 0 saturated carbocycles. The van der Waals surface area contributed by atoms with Gasteiger partial charge in [0.05, 0.1) is 11.0 Å². The first kappa shape index (κ1) is 16.6. The largest absolute Gasteiger partial charge is 0.320 e. The Balaban J connectivity index is 1.75. The number of fused-ring (bicyclic) bond motifs is 1. The van der Waals surface area contributed by atoms with E-state index in [1.54, 1.807) is 0 Å². The second-order valence-electron chi connectivity index (χ2n) is 6.42. The SMILES string of the molecule is Cc1cccc(Cn2c(/C=C/c3ccc(Cl)cc3)nc3ccccc32)c1. The first-order valence-electron chi connectivity index (χ1n) is 8.63. The fourth-order valence-corrected chi connectivity index (χ4v) is 3.25. The van der Waals surface area contributed by atoms with Gasteiger partial charge in [0, 0.05) is 11.6 Å². The van der Waals surface area contributed by atoms with Crippen molar-refractivity contribution in [2.75, 3.05) is 0 Å². The quantitative estimate of drug-likeness (QED) is 0.423. The summed E-state index contributed by atoms with van der Waals surface area (Å²) in [5.74, 6) is 0.947. The minimum atomic E-state index is 0.744. The van der Waals surface area contributed by atoms with Gasteiger partial charge in [-0.25, -0.2) is 4.98 Å². The zero-order valence-electron chi connectivity index (χ0n) is 14.6. The molecule has 0 N–H and O–H groups in total. The normalized spacial score (nSPS) is 11.5. The molecule has 0 fully saturated rings. The van der Waals surface area contributed by atoms with Crippen LogP contribution >= 0.6 is 11.6 Å². The van der Waals surface area contributed by atoms with Crippen molar-refractivity contribution in [2.45, 2.75) is 13.5 Å². The Morgan fingerprint density at radius 2 is 1.73 bits per heavy atom. The van der Waals surface area contributed by atoms with E-state index in [1.165, 1.54) is 11.1 Å². The van der Waals surface area contributed by atoms with Crippen molar-refractivity contribution >= 4 is 34.8 Å². The Morgan fingerprint density at radius 1 is 0.923 bits per heavy atom. The van der Waals surface area contributed by atoms with E-state index in [-0.39, 0.29) is 0 Å². The van der Waals surface area contributed by atoms with E-state index in [4.69, 9.17) is 16.6 Å². The van der Waals surface area contributed by atoms with Crippen LogP contribution in [0.2, 0.25) is 5.02 Å². The highest BCUT2D eigenvalue weighted by Gasteiger charge is 2.09. The highest BCUT2D eigenvalue weighted by atomic mass is 35.5. The third-order valence-corrected chi connectivity index (χ3v) is 4.65. The number of halogens is 1. The van der Waals surface area contributed by atoms with E-state index in [0.29, 0.717) is 0 Å². The molecule has 0 aliphatic heterocycles. The van der Waals surface area contributed by atoms with Crippen LogP contribution in [0.5, 0.6) is 0 Å². The lowest BCUT2D eigenvalue weighted by molar-refractivity contribution is 0.813. The number of aryl methyl sites for hydroxylation is 1. The second kappa shape index (κ2) is 7.19. The third-order valence-electron chi connectivity index (χ3n) is 4.40. The van der Waals surface area contributed by atoms with Gasteiger partial charge in [0.15, 0.2) is 0 Å². The number of benzene rings is 3. The predicted octanol–water partition coefficient (Wildman–Crippen LogP) is 6.22. The second-order valence-corrected chi connectivity index (χ2v) is 6.86. The van der Waals surface area contributed by atoms with E-state index < -0.39 is 0 Å². The summed E-state index contributed by atoms with van der Waals surface area (Å²) >= 11 is 5.97. The molecule has 1 heterocycles. The van der Waals surface area contributed by atoms with Gasteiger partial charge >= 0.3 is 0 Å². The van der Waals surface area contributed by atoms with Crippen LogP contribution in [0.1, 0.15) is 22.5 Å². The van der Waals surface area contributed by atoms with Gasteiger partial charge in [0.2, 0.25) is 0 Å². The van der Waals surface area contributed by atoms with Gasteiger partial charge in [-0.05, 0) is 48.4 Å². The lowest BCUT2D eigenvalue weighted by Gasteiger charge is -2.08. The molecular formula is C23H19ClN2. The fraction of sp³-hybridized carbons (Fsp3) is 0.0870. The lowest BCUT2D eigenvalue weighted by atomic mass is 10.1. The molecule has 0 aliphatic carbocycles. The van der Waals surface area contributed by atoms with E-state index in [0.717, 1.165) is 34.0 Å². The molecule has 4 aromatic rings. The Hall–Kier alpha value is -2.84. The summed E-state index contributed by atoms with van der Waals surface area (Å²) in [5, 5.41) is 0.744. The Bertz CT molecular complexity index is 1080. The summed E-state index contributed by atoms with van der Waals surface area (Å²) in [7, 11) is 0. The van der Waals surface area contributed by atoms with Crippen LogP contribution < -0.4 is 0 Å². The first-order chi connectivity index (χ1) is 12.7. The third kappa shape index (κ3) is 3.56. The average Bonchev–Trinajstić information content (AvgIpc) is 2.99. The molecule has 3 aromatic carbocycles. The van der Waals surface area contributed by atoms with Crippen LogP contribution in [0.15, 0.2) is 72.8 Å². The number of para-hydroxylation sites is 2. The van der Waals surface area contributed by atoms with Crippen molar-refractivity contribution in [2.24, 2.45) is 0 Å². The predicted molar refractivity (Wildman–Crippen MR) is 110 cm³/mol. The van der Waals surface area contributed by atoms with Gasteiger partial charge in [0.1, 0.15) is 5.82 Å². The first-order valence-corrected chi connectivity index (χ1v) is 9.01. The van der Waals surface area contributed by atoms with E-state index in [1.807, 2.05) is 30.3 Å². The molecule has 4 rings (SSSR count). The molecular weight excluding hydrogens is 340 g/mol. The summed E-state index contributed by atoms with van der Waals surface area (Å²) in [6.45, 7) is 2.92. The molecule has 2 nitrogen and oxygen atoms in total. The van der Waals surface area contributed by atoms with E-state index >= 15 is 0 Å². The molecule has 0 amide bonds. The maximum Gasteiger partial charge on any atom is 0.134 e. The summed E-state index contributed by atoms with van der Waals surface area (Å²) in [5.41, 5.74) is 5.80. The van der Waals surface area contributed by atoms with E-state index in [9.17, 15) is 0 Å². The van der Waals surface area contributed by atoms with Crippen LogP contribution in [0.4, 0.5) is 0 Å². The van der Waals surface area contributed by atoms with Crippen LogP contribution in [0, 0.1) is 6.92 Å². The fourth-order valence-electron chi connectivity index (χ4n) is 3.13. The molecule has 3 heteroatoms. The molecule has 1 aromatic heterocycles. The van der Waals surface area contributed by atoms with Crippen LogP contribution in [0.3, 0.4) is 0 Å². The monoisotopic (exact) mass is 358 g/mol. The Labute approximate surface area is 158 Å². The number of hydrogen-bond acceptors (Lipinski definition) is 1. The highest BCUT2D eigenvalue weighted by Crippen LogP contribution is 2.20. The van der Waals surface area contributed by atoms with Crippen molar-refractivity contribution in [1.29, 1.82) is 0 Å². The number of rotatable bonds is 4. The average molecular weight is 359 g/mol. The molecule has 0 bridgehead atoms. The minimum Gasteiger partial charge on any atom is -0.320 e. The minimum absolute atomic E-state index is 0.744. The molecule has 128 valence electrons. The van der Waals surface area contributed by atoms with Crippen molar-refractivity contribution < 1.29 is 0 Å². The van der Waals surface area contributed by atoms with Gasteiger partial charge < -0.3 is 4.57 Å². The number of imidazole rings is 1. The van der Waals surface area contributed by atoms with Crippen LogP contribution in [-0.2, 0) is 6.54 Å². The number of hydrogen-bond donors (Lipinski definition) is 0. The molecule has 0 saturated heterocycles. The van der Waals surface area contributed by atoms with Gasteiger partial charge in [-0.3, -0.25) is 0 Å². The highest BCUT2D eigenvalue weighted by molar-refractivity contribution is 6.30. The molecule has 0 atom stereocenters. The molecule has 0 unspecified atom stereocenters. The standard InChI is InChI=1S/C23H19ClN2/c1-17-5-4-6-19(15-17)16-26-22-8-3-2-7-21(22)25-23(26)14-11-18-9-12-20(24)13-10-18/h2-15H,16H2,1H3/b14-11+. The zero-order valence-corrected chi connectivity index (χ0v) is 15.3. The number of nitrogens with zero attached hydrogens (tertiary/aromatic N) is 2. The number of aromatic nitrogens is 2. The van der Waals surface area contributed by atoms with Gasteiger partial charge in [0.25, 0.3) is 0 Å². The van der Waals surface area contributed by atoms with E-state index in [2.05, 4.69) is 66.1 Å². The maximum atomic E-state index is 5.97. The van der Waals surface area contributed by atoms with Gasteiger partial charge in [-0.2, -0.15) is 0 Å². The lowest BCUT2D eigenvalue weighted by Crippen LogP contribution is -2.02. The van der Waals surface area contributed by atoms with Gasteiger partial charge in [-0.1, -0.05) is 71.8 Å². The summed E-state index contributed by atoms with van der Waals surface area (Å²) in [6, 6.07) is 24.7. The van der Waals surface area contributed by atoms with Crippen LogP contribution in [0.25, 0.3) is 23.2 Å². The van der Waals surface area contributed by atoms with Gasteiger partial charge in [-0.15, -0.1) is 0 Å². The molecule has 0 spiro atoms.